The van der Waals surface area contributed by atoms with Gasteiger partial charge in [-0.1, -0.05) is 340 Å². The van der Waals surface area contributed by atoms with Crippen molar-refractivity contribution in [2.45, 2.75) is 0 Å². The molecule has 0 atom stereocenters. The maximum Gasteiger partial charge on any atom is 0.160 e. The molecule has 9 heterocycles. The highest BCUT2D eigenvalue weighted by molar-refractivity contribution is 6.35. The third-order valence-corrected chi connectivity index (χ3v) is 28.2. The minimum Gasteiger partial charge on any atom is -0.456 e. The van der Waals surface area contributed by atoms with Crippen LogP contribution in [0.15, 0.2) is 505 Å². The van der Waals surface area contributed by atoms with E-state index in [4.69, 9.17) is 43.2 Å². The van der Waals surface area contributed by atoms with Gasteiger partial charge in [0.25, 0.3) is 0 Å². The van der Waals surface area contributed by atoms with Gasteiger partial charge in [0.2, 0.25) is 0 Å². The number of hydrogen-bond donors (Lipinski definition) is 0. The van der Waals surface area contributed by atoms with Crippen molar-refractivity contribution in [2.75, 3.05) is 0 Å². The maximum atomic E-state index is 6.67. The van der Waals surface area contributed by atoms with Crippen molar-refractivity contribution in [2.24, 2.45) is 0 Å². The highest BCUT2D eigenvalue weighted by Crippen LogP contribution is 2.49. The summed E-state index contributed by atoms with van der Waals surface area (Å²) in [6, 6.07) is 171. The Hall–Kier alpha value is -19.6. The first kappa shape index (κ1) is 82.7. The van der Waals surface area contributed by atoms with E-state index in [1.165, 1.54) is 48.5 Å². The fourth-order valence-electron chi connectivity index (χ4n) is 21.5. The van der Waals surface area contributed by atoms with Crippen LogP contribution in [-0.2, 0) is 0 Å². The third-order valence-electron chi connectivity index (χ3n) is 28.2. The van der Waals surface area contributed by atoms with Crippen molar-refractivity contribution in [1.82, 2.24) is 43.6 Å². The summed E-state index contributed by atoms with van der Waals surface area (Å²) in [5.74, 6) is 2.08. The zero-order valence-electron chi connectivity index (χ0n) is 77.5. The molecule has 0 spiro atoms. The first-order chi connectivity index (χ1) is 71.4. The zero-order valence-corrected chi connectivity index (χ0v) is 77.5. The molecular formula is C132H81N9O3. The molecule has 0 N–H and O–H groups in total. The summed E-state index contributed by atoms with van der Waals surface area (Å²) in [6.45, 7) is 0. The molecule has 21 aromatic carbocycles. The fourth-order valence-corrected chi connectivity index (χ4v) is 21.5. The predicted octanol–water partition coefficient (Wildman–Crippen LogP) is 34.9. The smallest absolute Gasteiger partial charge is 0.160 e. The van der Waals surface area contributed by atoms with Crippen LogP contribution in [0.25, 0.3) is 282 Å². The molecule has 0 radical (unpaired) electrons. The van der Waals surface area contributed by atoms with Crippen molar-refractivity contribution in [3.05, 3.63) is 491 Å². The lowest BCUT2D eigenvalue weighted by Crippen LogP contribution is -1.97. The first-order valence-electron chi connectivity index (χ1n) is 48.5. The minimum absolute atomic E-state index is 0.689. The number of fused-ring (bicyclic) bond motifs is 26. The van der Waals surface area contributed by atoms with Crippen molar-refractivity contribution < 1.29 is 13.3 Å². The van der Waals surface area contributed by atoms with Crippen LogP contribution < -0.4 is 0 Å². The van der Waals surface area contributed by atoms with E-state index >= 15 is 0 Å². The van der Waals surface area contributed by atoms with Crippen molar-refractivity contribution >= 4 is 164 Å². The van der Waals surface area contributed by atoms with Crippen LogP contribution in [-0.4, -0.2) is 43.6 Å². The number of aromatic nitrogens is 9. The average molecular weight is 1840 g/mol. The molecule has 0 fully saturated rings. The number of para-hydroxylation sites is 4. The van der Waals surface area contributed by atoms with Crippen LogP contribution >= 0.6 is 0 Å². The van der Waals surface area contributed by atoms with Gasteiger partial charge in [0.05, 0.1) is 72.6 Å². The normalized spacial score (nSPS) is 11.8. The average Bonchev–Trinajstić information content (AvgIpc) is 1.54. The van der Waals surface area contributed by atoms with Gasteiger partial charge in [-0.2, -0.15) is 0 Å². The Labute approximate surface area is 824 Å². The van der Waals surface area contributed by atoms with E-state index in [0.717, 1.165) is 216 Å². The predicted molar refractivity (Wildman–Crippen MR) is 592 cm³/mol. The molecule has 0 bridgehead atoms. The molecule has 0 saturated heterocycles. The SMILES string of the molecule is c1ccc(-c2cc(-c3ccccc3)nc(-c3ccc(-n4c5cc6ccccc6cc5c5cc6oc7ccccc7c6cc54)cc3)n2)cc1.c1ccc(-c2cc(-c3ccccc3)nc(-c3ccc(-n4c5ccc6ccccc6c5c5ccc6c7ccccc7oc6c54)cc3)n2)cc1.c1ccc(-c2cc(-c3ccccc3)nc(-c3ccc(-n4c5ccccc5c5c6oc7ccccc7c6c6ccccc6c54)cc3)n2)cc1. The Morgan fingerprint density at radius 1 is 0.153 bits per heavy atom. The van der Waals surface area contributed by atoms with Crippen LogP contribution in [0.5, 0.6) is 0 Å². The van der Waals surface area contributed by atoms with E-state index in [-0.39, 0.29) is 0 Å². The van der Waals surface area contributed by atoms with Gasteiger partial charge in [0.1, 0.15) is 27.9 Å². The van der Waals surface area contributed by atoms with Gasteiger partial charge in [-0.15, -0.1) is 0 Å². The molecule has 144 heavy (non-hydrogen) atoms. The molecule has 672 valence electrons. The van der Waals surface area contributed by atoms with Crippen LogP contribution in [0.1, 0.15) is 0 Å². The number of nitrogens with zero attached hydrogens (tertiary/aromatic N) is 9. The Morgan fingerprint density at radius 2 is 0.507 bits per heavy atom. The van der Waals surface area contributed by atoms with Gasteiger partial charge < -0.3 is 27.0 Å². The molecule has 0 amide bonds. The van der Waals surface area contributed by atoms with Crippen LogP contribution in [0.2, 0.25) is 0 Å². The van der Waals surface area contributed by atoms with Crippen molar-refractivity contribution in [3.8, 4) is 119 Å². The van der Waals surface area contributed by atoms with E-state index in [0.29, 0.717) is 17.5 Å². The third kappa shape index (κ3) is 14.1. The zero-order chi connectivity index (χ0) is 94.8. The van der Waals surface area contributed by atoms with Gasteiger partial charge in [-0.3, -0.25) is 0 Å². The van der Waals surface area contributed by atoms with Gasteiger partial charge in [-0.25, -0.2) is 29.9 Å². The Bertz CT molecular complexity index is 10100. The second-order valence-corrected chi connectivity index (χ2v) is 36.6. The molecule has 9 aromatic heterocycles. The lowest BCUT2D eigenvalue weighted by Gasteiger charge is -2.12. The molecule has 0 aliphatic rings. The molecule has 30 aromatic rings. The van der Waals surface area contributed by atoms with Gasteiger partial charge in [0.15, 0.2) is 23.1 Å². The lowest BCUT2D eigenvalue weighted by atomic mass is 9.99. The first-order valence-corrected chi connectivity index (χ1v) is 48.5. The minimum atomic E-state index is 0.689. The van der Waals surface area contributed by atoms with E-state index in [1.807, 2.05) is 140 Å². The van der Waals surface area contributed by atoms with Crippen molar-refractivity contribution in [3.63, 3.8) is 0 Å². The monoisotopic (exact) mass is 1840 g/mol. The summed E-state index contributed by atoms with van der Waals surface area (Å²) in [7, 11) is 0. The summed E-state index contributed by atoms with van der Waals surface area (Å²) in [5, 5.41) is 21.1. The molecule has 30 rings (SSSR count). The largest absolute Gasteiger partial charge is 0.456 e. The Morgan fingerprint density at radius 3 is 1.00 bits per heavy atom. The standard InChI is InChI=1S/3C44H27N3O/c1-3-13-28(14-4-1)36-27-37(29-15-5-2-6-16-29)46-44(45-36)30-23-25-31(26-24-30)47-38-21-11-9-19-34(38)41-42(47)33-18-8-7-17-32(33)40-35-20-10-12-22-39(35)48-43(40)41;1-3-12-29(13-4-1)37-27-38(30-14-5-2-6-15-30)46-44(45-37)31-19-22-32(23-20-31)47-39-26-21-28-11-7-8-16-33(28)41(39)36-25-24-35-34-17-9-10-18-40(34)48-43(35)42(36)47;1-3-11-28(12-4-1)38-27-39(29-13-5-2-6-14-29)46-44(45-38)30-19-21-33(22-20-30)47-40-24-32-16-8-7-15-31(32)23-35(40)36-26-43-37(25-41(36)47)34-17-9-10-18-42(34)48-43/h3*1-27H. The topological polar surface area (TPSA) is 132 Å². The van der Waals surface area contributed by atoms with Gasteiger partial charge in [-0.05, 0) is 179 Å². The number of furan rings is 3. The molecule has 0 aliphatic heterocycles. The van der Waals surface area contributed by atoms with Gasteiger partial charge in [0, 0.05) is 132 Å². The lowest BCUT2D eigenvalue weighted by molar-refractivity contribution is 0.669. The molecule has 12 heteroatoms. The fraction of sp³-hybridized carbons (Fsp3) is 0. The summed E-state index contributed by atoms with van der Waals surface area (Å²) in [4.78, 5) is 30.3. The van der Waals surface area contributed by atoms with Crippen LogP contribution in [0, 0.1) is 0 Å². The molecule has 0 aliphatic carbocycles. The summed E-state index contributed by atoms with van der Waals surface area (Å²) in [5.41, 5.74) is 30.0. The highest BCUT2D eigenvalue weighted by atomic mass is 16.3. The molecular weight excluding hydrogens is 1760 g/mol. The van der Waals surface area contributed by atoms with E-state index < -0.39 is 0 Å². The van der Waals surface area contributed by atoms with Crippen molar-refractivity contribution in [1.29, 1.82) is 0 Å². The van der Waals surface area contributed by atoms with E-state index in [2.05, 4.69) is 366 Å². The Balaban J connectivity index is 0.000000105. The maximum absolute atomic E-state index is 6.67. The molecule has 12 nitrogen and oxygen atoms in total. The highest BCUT2D eigenvalue weighted by Gasteiger charge is 2.27. The summed E-state index contributed by atoms with van der Waals surface area (Å²) < 4.78 is 26.7. The Kier molecular flexibility index (Phi) is 19.7. The second kappa shape index (κ2) is 34.3. The van der Waals surface area contributed by atoms with Crippen LogP contribution in [0.4, 0.5) is 0 Å². The number of hydrogen-bond acceptors (Lipinski definition) is 9. The molecule has 0 unspecified atom stereocenters. The van der Waals surface area contributed by atoms with Crippen LogP contribution in [0.3, 0.4) is 0 Å². The number of benzene rings is 21. The van der Waals surface area contributed by atoms with Gasteiger partial charge >= 0.3 is 0 Å². The second-order valence-electron chi connectivity index (χ2n) is 36.6. The molecule has 0 saturated carbocycles. The number of rotatable bonds is 12. The van der Waals surface area contributed by atoms with E-state index in [9.17, 15) is 0 Å². The van der Waals surface area contributed by atoms with E-state index in [1.54, 1.807) is 0 Å². The summed E-state index contributed by atoms with van der Waals surface area (Å²) in [6.07, 6.45) is 0. The summed E-state index contributed by atoms with van der Waals surface area (Å²) >= 11 is 0. The quantitative estimate of drug-likeness (QED) is 0.117.